The first kappa shape index (κ1) is 28.5. The number of guanidine groups is 1. The number of nitrogens with zero attached hydrogens (tertiary/aromatic N) is 1. The van der Waals surface area contributed by atoms with E-state index in [2.05, 4.69) is 34.8 Å². The summed E-state index contributed by atoms with van der Waals surface area (Å²) in [6, 6.07) is 0. The number of carbonyl (C=O) groups is 1. The lowest BCUT2D eigenvalue weighted by molar-refractivity contribution is -0.128. The molecule has 6 N–H and O–H groups in total. The van der Waals surface area contributed by atoms with Crippen molar-refractivity contribution in [1.29, 1.82) is 0 Å². The van der Waals surface area contributed by atoms with Crippen LogP contribution in [0.5, 0.6) is 0 Å². The molecule has 0 radical (unpaired) electrons. The minimum atomic E-state index is -0.378. The number of hydrogen-bond acceptors (Lipinski definition) is 6. The zero-order valence-electron chi connectivity index (χ0n) is 20.3. The molecule has 0 spiro atoms. The predicted octanol–water partition coefficient (Wildman–Crippen LogP) is 2.45. The van der Waals surface area contributed by atoms with Gasteiger partial charge in [0.1, 0.15) is 0 Å². The van der Waals surface area contributed by atoms with Crippen LogP contribution >= 0.6 is 24.8 Å². The molecule has 1 aliphatic heterocycles. The monoisotopic (exact) mass is 505 g/mol. The highest BCUT2D eigenvalue weighted by Crippen LogP contribution is 2.64. The van der Waals surface area contributed by atoms with Crippen LogP contribution in [0.4, 0.5) is 0 Å². The van der Waals surface area contributed by atoms with Crippen molar-refractivity contribution in [3.8, 4) is 0 Å². The van der Waals surface area contributed by atoms with Gasteiger partial charge in [-0.05, 0) is 86.0 Å². The fourth-order valence-electron chi connectivity index (χ4n) is 7.53. The third-order valence-electron chi connectivity index (χ3n) is 8.17. The molecule has 0 saturated heterocycles. The molecular weight excluding hydrogens is 461 g/mol. The molecule has 9 heteroatoms. The molecule has 0 aromatic heterocycles. The van der Waals surface area contributed by atoms with Crippen LogP contribution in [0.25, 0.3) is 0 Å². The lowest BCUT2D eigenvalue weighted by Gasteiger charge is -2.62. The molecule has 1 amide bonds. The normalized spacial score (nSPS) is 35.1. The Kier molecular flexibility index (Phi) is 10.2. The van der Waals surface area contributed by atoms with Crippen LogP contribution in [0.2, 0.25) is 0 Å². The summed E-state index contributed by atoms with van der Waals surface area (Å²) in [5, 5.41) is 19.7. The van der Waals surface area contributed by atoms with Gasteiger partial charge in [-0.25, -0.2) is 0 Å². The fourth-order valence-corrected chi connectivity index (χ4v) is 7.53. The number of aliphatic hydroxyl groups excluding tert-OH is 1. The summed E-state index contributed by atoms with van der Waals surface area (Å²) in [6.45, 7) is 7.79. The maximum absolute atomic E-state index is 12.7. The molecule has 4 unspecified atom stereocenters. The molecule has 33 heavy (non-hydrogen) atoms. The lowest BCUT2D eigenvalue weighted by Crippen LogP contribution is -2.59. The van der Waals surface area contributed by atoms with Crippen LogP contribution in [-0.2, 0) is 4.79 Å². The summed E-state index contributed by atoms with van der Waals surface area (Å²) in [5.74, 6) is 3.46. The van der Waals surface area contributed by atoms with E-state index in [9.17, 15) is 9.90 Å². The Bertz CT molecular complexity index is 676. The van der Waals surface area contributed by atoms with Gasteiger partial charge in [-0.1, -0.05) is 13.8 Å². The Morgan fingerprint density at radius 1 is 1.18 bits per heavy atom. The molecule has 4 atom stereocenters. The van der Waals surface area contributed by atoms with Crippen LogP contribution in [0.15, 0.2) is 4.99 Å². The number of rotatable bonds is 9. The highest BCUT2D eigenvalue weighted by atomic mass is 35.5. The molecule has 0 aromatic carbocycles. The van der Waals surface area contributed by atoms with Crippen LogP contribution in [0.3, 0.4) is 0 Å². The molecule has 0 aromatic rings. The smallest absolute Gasteiger partial charge is 0.220 e. The topological polar surface area (TPSA) is 112 Å². The number of nitrogens with one attached hydrogen (secondary N) is 3. The average molecular weight is 507 g/mol. The maximum atomic E-state index is 12.7. The molecule has 4 fully saturated rings. The predicted molar refractivity (Wildman–Crippen MR) is 138 cm³/mol. The quantitative estimate of drug-likeness (QED) is 0.330. The van der Waals surface area contributed by atoms with Crippen LogP contribution in [0.1, 0.15) is 65.2 Å². The number of carbonyl (C=O) groups excluding carboxylic acids is 1. The van der Waals surface area contributed by atoms with Gasteiger partial charge in [-0.3, -0.25) is 9.79 Å². The lowest BCUT2D eigenvalue weighted by atomic mass is 9.44. The second-order valence-corrected chi connectivity index (χ2v) is 11.8. The SMILES string of the molecule is CC(C)CC(CN)CC(=O)NCC12CC3CC(C1)CC(CNC1=NCC(O)CN1)(C3)C2.Cl.Cl. The Balaban J connectivity index is 0.00000193. The minimum absolute atomic E-state index is 0. The number of hydrogen-bond donors (Lipinski definition) is 5. The van der Waals surface area contributed by atoms with Crippen LogP contribution < -0.4 is 21.7 Å². The van der Waals surface area contributed by atoms with Crippen molar-refractivity contribution < 1.29 is 9.90 Å². The molecule has 4 saturated carbocycles. The number of halogens is 2. The second-order valence-electron chi connectivity index (χ2n) is 11.8. The van der Waals surface area contributed by atoms with Gasteiger partial charge in [0.25, 0.3) is 0 Å². The summed E-state index contributed by atoms with van der Waals surface area (Å²) in [6.07, 6.45) is 8.89. The van der Waals surface area contributed by atoms with Gasteiger partial charge in [-0.2, -0.15) is 0 Å². The number of aliphatic imine (C=N–C) groups is 1. The van der Waals surface area contributed by atoms with E-state index in [0.717, 1.165) is 37.3 Å². The number of nitrogens with two attached hydrogens (primary N) is 1. The van der Waals surface area contributed by atoms with E-state index in [4.69, 9.17) is 5.73 Å². The Hall–Kier alpha value is -0.760. The number of β-amino-alcohol motifs (C(OH)–C–C–N with tert-alkyl or cyclic N) is 1. The van der Waals surface area contributed by atoms with Gasteiger partial charge in [-0.15, -0.1) is 24.8 Å². The van der Waals surface area contributed by atoms with Gasteiger partial charge < -0.3 is 26.8 Å². The Morgan fingerprint density at radius 2 is 1.82 bits per heavy atom. The highest BCUT2D eigenvalue weighted by molar-refractivity contribution is 5.85. The van der Waals surface area contributed by atoms with Crippen molar-refractivity contribution in [2.24, 2.45) is 45.2 Å². The van der Waals surface area contributed by atoms with Crippen LogP contribution in [-0.4, -0.2) is 55.8 Å². The standard InChI is InChI=1S/C24H43N5O2.2ClH/c1-16(2)3-17(10-25)5-21(31)28-14-23-6-18-4-19(7-23)9-24(8-18,13-23)15-29-22-26-11-20(30)12-27-22;;/h16-20,30H,3-15,25H2,1-2H3,(H,28,31)(H2,26,27,29);2*1H. The Labute approximate surface area is 211 Å². The third-order valence-corrected chi connectivity index (χ3v) is 8.17. The molecular formula is C24H45Cl2N5O2. The average Bonchev–Trinajstić information content (AvgIpc) is 2.70. The van der Waals surface area contributed by atoms with Gasteiger partial charge in [0.15, 0.2) is 5.96 Å². The van der Waals surface area contributed by atoms with E-state index >= 15 is 0 Å². The van der Waals surface area contributed by atoms with Gasteiger partial charge in [0, 0.05) is 26.1 Å². The molecule has 4 bridgehead atoms. The molecule has 192 valence electrons. The Morgan fingerprint density at radius 3 is 2.36 bits per heavy atom. The van der Waals surface area contributed by atoms with E-state index in [1.165, 1.54) is 38.5 Å². The zero-order chi connectivity index (χ0) is 22.1. The summed E-state index contributed by atoms with van der Waals surface area (Å²) < 4.78 is 0. The van der Waals surface area contributed by atoms with Crippen molar-refractivity contribution in [2.75, 3.05) is 32.7 Å². The fraction of sp³-hybridized carbons (Fsp3) is 0.917. The van der Waals surface area contributed by atoms with Gasteiger partial charge in [0.05, 0.1) is 12.6 Å². The minimum Gasteiger partial charge on any atom is -0.389 e. The van der Waals surface area contributed by atoms with E-state index < -0.39 is 0 Å². The highest BCUT2D eigenvalue weighted by Gasteiger charge is 2.57. The number of amides is 1. The largest absolute Gasteiger partial charge is 0.389 e. The van der Waals surface area contributed by atoms with E-state index in [-0.39, 0.29) is 48.2 Å². The molecule has 4 aliphatic carbocycles. The zero-order valence-corrected chi connectivity index (χ0v) is 21.9. The van der Waals surface area contributed by atoms with Crippen molar-refractivity contribution in [1.82, 2.24) is 16.0 Å². The maximum Gasteiger partial charge on any atom is 0.220 e. The summed E-state index contributed by atoms with van der Waals surface area (Å²) in [5.41, 5.74) is 6.49. The van der Waals surface area contributed by atoms with Gasteiger partial charge in [0.2, 0.25) is 5.91 Å². The first-order chi connectivity index (χ1) is 14.8. The molecule has 1 heterocycles. The van der Waals surface area contributed by atoms with Crippen molar-refractivity contribution >= 4 is 36.7 Å². The first-order valence-corrected chi connectivity index (χ1v) is 12.5. The molecule has 7 nitrogen and oxygen atoms in total. The van der Waals surface area contributed by atoms with E-state index in [1.54, 1.807) is 0 Å². The van der Waals surface area contributed by atoms with Gasteiger partial charge >= 0.3 is 0 Å². The summed E-state index contributed by atoms with van der Waals surface area (Å²) in [4.78, 5) is 17.1. The van der Waals surface area contributed by atoms with E-state index in [1.807, 2.05) is 0 Å². The van der Waals surface area contributed by atoms with Crippen molar-refractivity contribution in [3.05, 3.63) is 0 Å². The second kappa shape index (κ2) is 11.8. The van der Waals surface area contributed by atoms with Crippen LogP contribution in [0, 0.1) is 34.5 Å². The third kappa shape index (κ3) is 7.12. The van der Waals surface area contributed by atoms with Crippen molar-refractivity contribution in [3.63, 3.8) is 0 Å². The molecule has 5 rings (SSSR count). The summed E-state index contributed by atoms with van der Waals surface area (Å²) in [7, 11) is 0. The number of aliphatic hydroxyl groups is 1. The van der Waals surface area contributed by atoms with E-state index in [0.29, 0.717) is 37.4 Å². The first-order valence-electron chi connectivity index (χ1n) is 12.5. The molecule has 5 aliphatic rings. The summed E-state index contributed by atoms with van der Waals surface area (Å²) >= 11 is 0. The van der Waals surface area contributed by atoms with Crippen molar-refractivity contribution in [2.45, 2.75) is 71.3 Å².